The fourth-order valence-electron chi connectivity index (χ4n) is 3.13. The van der Waals surface area contributed by atoms with Crippen molar-refractivity contribution in [1.82, 2.24) is 4.90 Å². The molecule has 1 heterocycles. The molecule has 1 saturated heterocycles. The molecule has 138 valence electrons. The average molecular weight is 417 g/mol. The number of nitrogens with zero attached hydrogens (tertiary/aromatic N) is 2. The highest BCUT2D eigenvalue weighted by molar-refractivity contribution is 9.10. The maximum atomic E-state index is 12.4. The molecule has 0 N–H and O–H groups in total. The summed E-state index contributed by atoms with van der Waals surface area (Å²) in [5, 5.41) is 0. The molecule has 0 radical (unpaired) electrons. The fourth-order valence-corrected chi connectivity index (χ4v) is 3.58. The molecule has 5 heteroatoms. The Morgan fingerprint density at radius 3 is 2.54 bits per heavy atom. The summed E-state index contributed by atoms with van der Waals surface area (Å²) >= 11 is 3.47. The highest BCUT2D eigenvalue weighted by atomic mass is 79.9. The van der Waals surface area contributed by atoms with Crippen LogP contribution in [0.2, 0.25) is 0 Å². The maximum absolute atomic E-state index is 12.4. The van der Waals surface area contributed by atoms with Gasteiger partial charge < -0.3 is 14.5 Å². The van der Waals surface area contributed by atoms with Crippen LogP contribution < -0.4 is 4.90 Å². The number of aryl methyl sites for hydroxylation is 1. The van der Waals surface area contributed by atoms with Crippen molar-refractivity contribution in [2.75, 3.05) is 38.3 Å². The minimum Gasteiger partial charge on any atom is -0.378 e. The van der Waals surface area contributed by atoms with E-state index in [1.165, 1.54) is 11.3 Å². The van der Waals surface area contributed by atoms with Crippen LogP contribution in [0.1, 0.15) is 17.5 Å². The first-order valence-corrected chi connectivity index (χ1v) is 9.81. The van der Waals surface area contributed by atoms with Gasteiger partial charge in [-0.3, -0.25) is 4.79 Å². The van der Waals surface area contributed by atoms with Gasteiger partial charge in [0, 0.05) is 43.3 Å². The fraction of sp³-hybridized carbons (Fsp3) is 0.381. The summed E-state index contributed by atoms with van der Waals surface area (Å²) in [6.07, 6.45) is 1.29. The normalized spacial score (nSPS) is 14.3. The van der Waals surface area contributed by atoms with Crippen LogP contribution in [0.15, 0.2) is 53.0 Å². The third kappa shape index (κ3) is 5.32. The summed E-state index contributed by atoms with van der Waals surface area (Å²) in [5.41, 5.74) is 3.55. The number of carbonyl (C=O) groups is 1. The minimum atomic E-state index is 0.169. The smallest absolute Gasteiger partial charge is 0.222 e. The molecule has 0 saturated carbocycles. The van der Waals surface area contributed by atoms with Gasteiger partial charge in [0.05, 0.1) is 13.2 Å². The number of amides is 1. The molecular formula is C21H25BrN2O2. The van der Waals surface area contributed by atoms with E-state index in [0.717, 1.165) is 42.8 Å². The van der Waals surface area contributed by atoms with Crippen LogP contribution in [0.5, 0.6) is 0 Å². The third-order valence-corrected chi connectivity index (χ3v) is 5.17. The van der Waals surface area contributed by atoms with E-state index in [1.807, 2.05) is 24.1 Å². The number of morpholine rings is 1. The largest absolute Gasteiger partial charge is 0.378 e. The van der Waals surface area contributed by atoms with Crippen LogP contribution in [0.25, 0.3) is 0 Å². The zero-order chi connectivity index (χ0) is 18.4. The molecule has 1 aliphatic heterocycles. The van der Waals surface area contributed by atoms with Gasteiger partial charge in [-0.1, -0.05) is 40.2 Å². The first kappa shape index (κ1) is 18.9. The van der Waals surface area contributed by atoms with Crippen molar-refractivity contribution in [3.05, 3.63) is 64.1 Å². The van der Waals surface area contributed by atoms with Gasteiger partial charge in [0.1, 0.15) is 0 Å². The summed E-state index contributed by atoms with van der Waals surface area (Å²) in [6, 6.07) is 16.6. The Morgan fingerprint density at radius 1 is 1.12 bits per heavy atom. The first-order chi connectivity index (χ1) is 12.6. The second-order valence-electron chi connectivity index (χ2n) is 6.65. The highest BCUT2D eigenvalue weighted by Gasteiger charge is 2.12. The van der Waals surface area contributed by atoms with Gasteiger partial charge in [-0.2, -0.15) is 0 Å². The Bertz CT molecular complexity index is 727. The molecule has 0 aliphatic carbocycles. The number of anilines is 1. The predicted molar refractivity (Wildman–Crippen MR) is 108 cm³/mol. The number of benzene rings is 2. The van der Waals surface area contributed by atoms with Crippen LogP contribution in [0.3, 0.4) is 0 Å². The molecule has 0 unspecified atom stereocenters. The van der Waals surface area contributed by atoms with Crippen LogP contribution >= 0.6 is 15.9 Å². The molecule has 1 amide bonds. The summed E-state index contributed by atoms with van der Waals surface area (Å²) < 4.78 is 6.45. The Labute approximate surface area is 163 Å². The van der Waals surface area contributed by atoms with E-state index in [2.05, 4.69) is 57.2 Å². The van der Waals surface area contributed by atoms with Gasteiger partial charge in [0.25, 0.3) is 0 Å². The van der Waals surface area contributed by atoms with E-state index in [1.54, 1.807) is 0 Å². The second kappa shape index (κ2) is 9.19. The van der Waals surface area contributed by atoms with E-state index in [0.29, 0.717) is 13.0 Å². The quantitative estimate of drug-likeness (QED) is 0.716. The maximum Gasteiger partial charge on any atom is 0.222 e. The number of hydrogen-bond acceptors (Lipinski definition) is 3. The first-order valence-electron chi connectivity index (χ1n) is 9.02. The molecule has 0 bridgehead atoms. The molecule has 1 fully saturated rings. The van der Waals surface area contributed by atoms with Crippen molar-refractivity contribution in [1.29, 1.82) is 0 Å². The Morgan fingerprint density at radius 2 is 1.85 bits per heavy atom. The average Bonchev–Trinajstić information content (AvgIpc) is 2.67. The lowest BCUT2D eigenvalue weighted by Gasteiger charge is -2.29. The summed E-state index contributed by atoms with van der Waals surface area (Å²) in [5.74, 6) is 0.169. The molecule has 2 aromatic rings. The lowest BCUT2D eigenvalue weighted by atomic mass is 10.1. The Hall–Kier alpha value is -1.85. The van der Waals surface area contributed by atoms with Gasteiger partial charge in [-0.25, -0.2) is 0 Å². The zero-order valence-corrected chi connectivity index (χ0v) is 16.7. The van der Waals surface area contributed by atoms with Crippen LogP contribution in [-0.4, -0.2) is 44.2 Å². The SMILES string of the molecule is CN(Cc1ccc(N2CCOCC2)cc1)C(=O)CCc1cccc(Br)c1. The van der Waals surface area contributed by atoms with Crippen molar-refractivity contribution < 1.29 is 9.53 Å². The number of carbonyl (C=O) groups excluding carboxylic acids is 1. The number of rotatable bonds is 6. The van der Waals surface area contributed by atoms with E-state index in [-0.39, 0.29) is 5.91 Å². The molecule has 4 nitrogen and oxygen atoms in total. The van der Waals surface area contributed by atoms with E-state index in [4.69, 9.17) is 4.74 Å². The molecular weight excluding hydrogens is 392 g/mol. The van der Waals surface area contributed by atoms with Crippen LogP contribution in [0.4, 0.5) is 5.69 Å². The molecule has 0 spiro atoms. The van der Waals surface area contributed by atoms with Crippen molar-refractivity contribution >= 4 is 27.5 Å². The van der Waals surface area contributed by atoms with Gasteiger partial charge in [0.15, 0.2) is 0 Å². The van der Waals surface area contributed by atoms with Crippen LogP contribution in [-0.2, 0) is 22.5 Å². The Balaban J connectivity index is 1.50. The zero-order valence-electron chi connectivity index (χ0n) is 15.2. The molecule has 0 aromatic heterocycles. The number of hydrogen-bond donors (Lipinski definition) is 0. The minimum absolute atomic E-state index is 0.169. The predicted octanol–water partition coefficient (Wildman–Crippen LogP) is 3.88. The lowest BCUT2D eigenvalue weighted by Crippen LogP contribution is -2.36. The molecule has 2 aromatic carbocycles. The van der Waals surface area contributed by atoms with Gasteiger partial charge in [0.2, 0.25) is 5.91 Å². The molecule has 26 heavy (non-hydrogen) atoms. The molecule has 0 atom stereocenters. The van der Waals surface area contributed by atoms with Crippen LogP contribution in [0, 0.1) is 0 Å². The van der Waals surface area contributed by atoms with Gasteiger partial charge in [-0.05, 0) is 41.8 Å². The van der Waals surface area contributed by atoms with Crippen molar-refractivity contribution in [2.24, 2.45) is 0 Å². The highest BCUT2D eigenvalue weighted by Crippen LogP contribution is 2.18. The second-order valence-corrected chi connectivity index (χ2v) is 7.56. The van der Waals surface area contributed by atoms with Crippen molar-refractivity contribution in [2.45, 2.75) is 19.4 Å². The van der Waals surface area contributed by atoms with E-state index < -0.39 is 0 Å². The van der Waals surface area contributed by atoms with E-state index in [9.17, 15) is 4.79 Å². The lowest BCUT2D eigenvalue weighted by molar-refractivity contribution is -0.130. The monoisotopic (exact) mass is 416 g/mol. The van der Waals surface area contributed by atoms with E-state index >= 15 is 0 Å². The van der Waals surface area contributed by atoms with Gasteiger partial charge >= 0.3 is 0 Å². The standard InChI is InChI=1S/C21H25BrN2O2/c1-23(21(25)10-7-17-3-2-4-19(22)15-17)16-18-5-8-20(9-6-18)24-11-13-26-14-12-24/h2-6,8-9,15H,7,10-14,16H2,1H3. The Kier molecular flexibility index (Phi) is 6.69. The molecule has 3 rings (SSSR count). The topological polar surface area (TPSA) is 32.8 Å². The molecule has 1 aliphatic rings. The van der Waals surface area contributed by atoms with Crippen molar-refractivity contribution in [3.63, 3.8) is 0 Å². The summed E-state index contributed by atoms with van der Waals surface area (Å²) in [4.78, 5) is 16.6. The van der Waals surface area contributed by atoms with Gasteiger partial charge in [-0.15, -0.1) is 0 Å². The van der Waals surface area contributed by atoms with Crippen molar-refractivity contribution in [3.8, 4) is 0 Å². The summed E-state index contributed by atoms with van der Waals surface area (Å²) in [6.45, 7) is 4.09. The third-order valence-electron chi connectivity index (χ3n) is 4.67. The number of halogens is 1. The summed E-state index contributed by atoms with van der Waals surface area (Å²) in [7, 11) is 1.87. The number of ether oxygens (including phenoxy) is 1.